The third-order valence-corrected chi connectivity index (χ3v) is 6.00. The molecule has 1 spiro atoms. The molecule has 1 aliphatic carbocycles. The molecule has 3 aliphatic rings. The molecule has 2 aliphatic heterocycles. The summed E-state index contributed by atoms with van der Waals surface area (Å²) in [7, 11) is 0. The van der Waals surface area contributed by atoms with Crippen LogP contribution in [0.5, 0.6) is 0 Å². The molecule has 7 nitrogen and oxygen atoms in total. The van der Waals surface area contributed by atoms with E-state index in [1.54, 1.807) is 12.4 Å². The summed E-state index contributed by atoms with van der Waals surface area (Å²) in [5.41, 5.74) is 1.05. The first kappa shape index (κ1) is 24.2. The number of allylic oxidation sites excluding steroid dienone is 2. The summed E-state index contributed by atoms with van der Waals surface area (Å²) >= 11 is 0. The van der Waals surface area contributed by atoms with Gasteiger partial charge >= 0.3 is 12.1 Å². The maximum Gasteiger partial charge on any atom is 0.490 e. The van der Waals surface area contributed by atoms with Crippen molar-refractivity contribution < 1.29 is 37.3 Å². The second-order valence-electron chi connectivity index (χ2n) is 8.25. The molecule has 1 atom stereocenters. The van der Waals surface area contributed by atoms with Gasteiger partial charge in [0.15, 0.2) is 0 Å². The van der Waals surface area contributed by atoms with Gasteiger partial charge in [0.2, 0.25) is 5.91 Å². The SMILES string of the molecule is O=C(C1CC=CC1)N1CCC2(CC1)CC(OCc1ccncc1)CO2.O=C(O)C(F)(F)F. The summed E-state index contributed by atoms with van der Waals surface area (Å²) in [6.45, 7) is 2.89. The highest BCUT2D eigenvalue weighted by Gasteiger charge is 2.44. The van der Waals surface area contributed by atoms with Gasteiger partial charge in [0.25, 0.3) is 0 Å². The summed E-state index contributed by atoms with van der Waals surface area (Å²) in [5, 5.41) is 7.12. The number of carboxylic acids is 1. The number of likely N-dealkylation sites (tertiary alicyclic amines) is 1. The van der Waals surface area contributed by atoms with E-state index in [9.17, 15) is 18.0 Å². The number of halogens is 3. The number of hydrogen-bond donors (Lipinski definition) is 1. The number of hydrogen-bond acceptors (Lipinski definition) is 5. The zero-order valence-corrected chi connectivity index (χ0v) is 17.6. The van der Waals surface area contributed by atoms with E-state index in [0.717, 1.165) is 50.8 Å². The van der Waals surface area contributed by atoms with Gasteiger partial charge in [0, 0.05) is 37.8 Å². The maximum absolute atomic E-state index is 12.5. The van der Waals surface area contributed by atoms with Crippen LogP contribution >= 0.6 is 0 Å². The zero-order chi connectivity index (χ0) is 23.2. The number of pyridine rings is 1. The molecule has 1 aromatic rings. The van der Waals surface area contributed by atoms with Crippen molar-refractivity contribution in [3.8, 4) is 0 Å². The summed E-state index contributed by atoms with van der Waals surface area (Å²) < 4.78 is 43.9. The Bertz CT molecular complexity index is 800. The van der Waals surface area contributed by atoms with Crippen LogP contribution in [0.2, 0.25) is 0 Å². The minimum absolute atomic E-state index is 0.0897. The Hall–Kier alpha value is -2.46. The van der Waals surface area contributed by atoms with E-state index in [1.807, 2.05) is 17.0 Å². The van der Waals surface area contributed by atoms with Crippen molar-refractivity contribution in [2.75, 3.05) is 19.7 Å². The molecule has 1 amide bonds. The molecule has 1 N–H and O–H groups in total. The Balaban J connectivity index is 0.000000360. The number of alkyl halides is 3. The standard InChI is InChI=1S/C20H26N2O3.C2HF3O2/c23-19(17-3-1-2-4-17)22-11-7-20(8-12-22)13-18(15-25-20)24-14-16-5-9-21-10-6-16;3-2(4,5)1(6)7/h1-2,5-6,9-10,17-18H,3-4,7-8,11-15H2;(H,6,7). The Morgan fingerprint density at radius 3 is 2.34 bits per heavy atom. The molecular formula is C22H27F3N2O5. The molecule has 2 fully saturated rings. The molecular weight excluding hydrogens is 429 g/mol. The van der Waals surface area contributed by atoms with Gasteiger partial charge < -0.3 is 19.5 Å². The lowest BCUT2D eigenvalue weighted by atomic mass is 9.87. The van der Waals surface area contributed by atoms with E-state index in [-0.39, 0.29) is 17.6 Å². The third-order valence-electron chi connectivity index (χ3n) is 6.00. The fourth-order valence-electron chi connectivity index (χ4n) is 4.16. The van der Waals surface area contributed by atoms with E-state index >= 15 is 0 Å². The number of amides is 1. The number of piperidine rings is 1. The average Bonchev–Trinajstić information content (AvgIpc) is 3.44. The van der Waals surface area contributed by atoms with Crippen LogP contribution in [-0.4, -0.2) is 64.4 Å². The van der Waals surface area contributed by atoms with E-state index < -0.39 is 12.1 Å². The predicted molar refractivity (Wildman–Crippen MR) is 107 cm³/mol. The molecule has 0 aromatic carbocycles. The number of carbonyl (C=O) groups excluding carboxylic acids is 1. The highest BCUT2D eigenvalue weighted by atomic mass is 19.4. The van der Waals surface area contributed by atoms with Gasteiger partial charge in [-0.25, -0.2) is 4.79 Å². The van der Waals surface area contributed by atoms with Gasteiger partial charge in [-0.15, -0.1) is 0 Å². The van der Waals surface area contributed by atoms with Crippen molar-refractivity contribution in [1.29, 1.82) is 0 Å². The summed E-state index contributed by atoms with van der Waals surface area (Å²) in [6, 6.07) is 3.96. The summed E-state index contributed by atoms with van der Waals surface area (Å²) in [6.07, 6.45) is 7.49. The highest BCUT2D eigenvalue weighted by molar-refractivity contribution is 5.79. The fourth-order valence-corrected chi connectivity index (χ4v) is 4.16. The minimum atomic E-state index is -5.08. The lowest BCUT2D eigenvalue weighted by Gasteiger charge is -2.39. The van der Waals surface area contributed by atoms with Crippen molar-refractivity contribution in [2.45, 2.75) is 56.6 Å². The van der Waals surface area contributed by atoms with Crippen molar-refractivity contribution in [3.05, 3.63) is 42.2 Å². The van der Waals surface area contributed by atoms with Gasteiger partial charge in [-0.05, 0) is 43.4 Å². The Kier molecular flexibility index (Phi) is 7.89. The first-order chi connectivity index (χ1) is 15.2. The maximum atomic E-state index is 12.5. The van der Waals surface area contributed by atoms with E-state index in [0.29, 0.717) is 19.1 Å². The normalized spacial score (nSPS) is 22.6. The van der Waals surface area contributed by atoms with Crippen molar-refractivity contribution in [2.24, 2.45) is 5.92 Å². The molecule has 4 rings (SSSR count). The minimum Gasteiger partial charge on any atom is -0.475 e. The summed E-state index contributed by atoms with van der Waals surface area (Å²) in [4.78, 5) is 27.5. The highest BCUT2D eigenvalue weighted by Crippen LogP contribution is 2.38. The van der Waals surface area contributed by atoms with Crippen LogP contribution in [0.4, 0.5) is 13.2 Å². The van der Waals surface area contributed by atoms with Crippen molar-refractivity contribution >= 4 is 11.9 Å². The van der Waals surface area contributed by atoms with Crippen LogP contribution < -0.4 is 0 Å². The number of carboxylic acid groups (broad SMARTS) is 1. The molecule has 0 bridgehead atoms. The monoisotopic (exact) mass is 456 g/mol. The van der Waals surface area contributed by atoms with E-state index in [4.69, 9.17) is 19.4 Å². The first-order valence-electron chi connectivity index (χ1n) is 10.6. The number of aliphatic carboxylic acids is 1. The Labute approximate surface area is 184 Å². The van der Waals surface area contributed by atoms with Crippen molar-refractivity contribution in [3.63, 3.8) is 0 Å². The molecule has 32 heavy (non-hydrogen) atoms. The quantitative estimate of drug-likeness (QED) is 0.699. The molecule has 0 radical (unpaired) electrons. The molecule has 176 valence electrons. The van der Waals surface area contributed by atoms with E-state index in [1.165, 1.54) is 0 Å². The van der Waals surface area contributed by atoms with Gasteiger partial charge in [0.05, 0.1) is 24.9 Å². The molecule has 1 aromatic heterocycles. The van der Waals surface area contributed by atoms with Crippen LogP contribution in [0.15, 0.2) is 36.7 Å². The number of rotatable bonds is 4. The second-order valence-corrected chi connectivity index (χ2v) is 8.25. The van der Waals surface area contributed by atoms with Crippen LogP contribution in [-0.2, 0) is 25.7 Å². The first-order valence-corrected chi connectivity index (χ1v) is 10.6. The Morgan fingerprint density at radius 1 is 1.19 bits per heavy atom. The van der Waals surface area contributed by atoms with Crippen LogP contribution in [0.3, 0.4) is 0 Å². The molecule has 10 heteroatoms. The summed E-state index contributed by atoms with van der Waals surface area (Å²) in [5.74, 6) is -2.26. The van der Waals surface area contributed by atoms with Crippen molar-refractivity contribution in [1.82, 2.24) is 9.88 Å². The van der Waals surface area contributed by atoms with E-state index in [2.05, 4.69) is 17.1 Å². The van der Waals surface area contributed by atoms with Crippen LogP contribution in [0, 0.1) is 5.92 Å². The third kappa shape index (κ3) is 6.52. The van der Waals surface area contributed by atoms with Gasteiger partial charge in [-0.2, -0.15) is 13.2 Å². The number of carbonyl (C=O) groups is 2. The molecule has 0 saturated carbocycles. The largest absolute Gasteiger partial charge is 0.490 e. The second kappa shape index (κ2) is 10.4. The van der Waals surface area contributed by atoms with Gasteiger partial charge in [0.1, 0.15) is 0 Å². The topological polar surface area (TPSA) is 89.0 Å². The average molecular weight is 456 g/mol. The van der Waals surface area contributed by atoms with Gasteiger partial charge in [-0.3, -0.25) is 9.78 Å². The predicted octanol–water partition coefficient (Wildman–Crippen LogP) is 3.35. The number of nitrogens with zero attached hydrogens (tertiary/aromatic N) is 2. The van der Waals surface area contributed by atoms with Crippen LogP contribution in [0.1, 0.15) is 37.7 Å². The molecule has 2 saturated heterocycles. The zero-order valence-electron chi connectivity index (χ0n) is 17.6. The van der Waals surface area contributed by atoms with Crippen LogP contribution in [0.25, 0.3) is 0 Å². The smallest absolute Gasteiger partial charge is 0.475 e. The Morgan fingerprint density at radius 2 is 1.78 bits per heavy atom. The fraction of sp³-hybridized carbons (Fsp3) is 0.591. The van der Waals surface area contributed by atoms with Gasteiger partial charge in [-0.1, -0.05) is 12.2 Å². The molecule has 3 heterocycles. The lowest BCUT2D eigenvalue weighted by Crippen LogP contribution is -2.48. The lowest BCUT2D eigenvalue weighted by molar-refractivity contribution is -0.192. The number of aromatic nitrogens is 1. The molecule has 1 unspecified atom stereocenters. The number of ether oxygens (including phenoxy) is 2.